The molecule has 0 atom stereocenters. The van der Waals surface area contributed by atoms with E-state index in [1.165, 1.54) is 0 Å². The smallest absolute Gasteiger partial charge is 0.257 e. The van der Waals surface area contributed by atoms with E-state index in [0.717, 1.165) is 0 Å². The SMILES string of the molecule is CC(C)Oc1ccc(C(=O)NC(=S)Nc2cccc(C(=O)N3CCOCC3)c2)cc1Br. The van der Waals surface area contributed by atoms with Crippen LogP contribution in [0.5, 0.6) is 5.75 Å². The number of nitrogens with one attached hydrogen (secondary N) is 2. The number of rotatable bonds is 5. The molecule has 1 aliphatic heterocycles. The highest BCUT2D eigenvalue weighted by Crippen LogP contribution is 2.27. The summed E-state index contributed by atoms with van der Waals surface area (Å²) in [7, 11) is 0. The molecule has 31 heavy (non-hydrogen) atoms. The van der Waals surface area contributed by atoms with Crippen molar-refractivity contribution in [1.82, 2.24) is 10.2 Å². The van der Waals surface area contributed by atoms with Crippen molar-refractivity contribution < 1.29 is 19.1 Å². The molecule has 1 heterocycles. The number of halogens is 1. The number of ether oxygens (including phenoxy) is 2. The Morgan fingerprint density at radius 1 is 1.13 bits per heavy atom. The molecule has 164 valence electrons. The van der Waals surface area contributed by atoms with Crippen LogP contribution in [-0.2, 0) is 4.74 Å². The van der Waals surface area contributed by atoms with Gasteiger partial charge >= 0.3 is 0 Å². The van der Waals surface area contributed by atoms with Gasteiger partial charge in [0, 0.05) is 29.9 Å². The monoisotopic (exact) mass is 505 g/mol. The van der Waals surface area contributed by atoms with E-state index in [1.807, 2.05) is 13.8 Å². The van der Waals surface area contributed by atoms with Crippen molar-refractivity contribution in [2.24, 2.45) is 0 Å². The molecule has 2 aromatic rings. The lowest BCUT2D eigenvalue weighted by atomic mass is 10.1. The van der Waals surface area contributed by atoms with E-state index in [2.05, 4.69) is 26.6 Å². The summed E-state index contributed by atoms with van der Waals surface area (Å²) in [5.74, 6) is 0.249. The number of thiocarbonyl (C=S) groups is 1. The van der Waals surface area contributed by atoms with Gasteiger partial charge < -0.3 is 19.7 Å². The second kappa shape index (κ2) is 10.7. The largest absolute Gasteiger partial charge is 0.490 e. The Kier molecular flexibility index (Phi) is 8.00. The second-order valence-corrected chi connectivity index (χ2v) is 8.47. The van der Waals surface area contributed by atoms with E-state index in [0.29, 0.717) is 53.3 Å². The van der Waals surface area contributed by atoms with Crippen molar-refractivity contribution in [3.05, 3.63) is 58.1 Å². The maximum Gasteiger partial charge on any atom is 0.257 e. The fourth-order valence-electron chi connectivity index (χ4n) is 3.01. The van der Waals surface area contributed by atoms with Crippen LogP contribution in [0.15, 0.2) is 46.9 Å². The third-order valence-corrected chi connectivity index (χ3v) is 5.27. The molecule has 1 aliphatic rings. The number of benzene rings is 2. The molecular formula is C22H24BrN3O4S. The molecule has 3 rings (SSSR count). The zero-order chi connectivity index (χ0) is 22.4. The Bertz CT molecular complexity index is 977. The van der Waals surface area contributed by atoms with E-state index in [-0.39, 0.29) is 23.0 Å². The van der Waals surface area contributed by atoms with Gasteiger partial charge in [-0.05, 0) is 78.4 Å². The quantitative estimate of drug-likeness (QED) is 0.601. The summed E-state index contributed by atoms with van der Waals surface area (Å²) in [4.78, 5) is 26.9. The minimum Gasteiger partial charge on any atom is -0.490 e. The molecule has 0 unspecified atom stereocenters. The summed E-state index contributed by atoms with van der Waals surface area (Å²) >= 11 is 8.69. The summed E-state index contributed by atoms with van der Waals surface area (Å²) < 4.78 is 11.6. The normalized spacial score (nSPS) is 13.6. The number of nitrogens with zero attached hydrogens (tertiary/aromatic N) is 1. The molecule has 2 aromatic carbocycles. The van der Waals surface area contributed by atoms with E-state index in [9.17, 15) is 9.59 Å². The highest BCUT2D eigenvalue weighted by atomic mass is 79.9. The first-order chi connectivity index (χ1) is 14.8. The topological polar surface area (TPSA) is 79.9 Å². The van der Waals surface area contributed by atoms with Gasteiger partial charge in [-0.1, -0.05) is 6.07 Å². The number of amides is 2. The highest BCUT2D eigenvalue weighted by molar-refractivity contribution is 9.10. The Labute approximate surface area is 195 Å². The molecule has 9 heteroatoms. The Morgan fingerprint density at radius 3 is 2.55 bits per heavy atom. The van der Waals surface area contributed by atoms with Crippen LogP contribution in [0.4, 0.5) is 5.69 Å². The maximum atomic E-state index is 12.7. The van der Waals surface area contributed by atoms with Crippen LogP contribution >= 0.6 is 28.1 Å². The summed E-state index contributed by atoms with van der Waals surface area (Å²) in [6.07, 6.45) is 0.0265. The van der Waals surface area contributed by atoms with Crippen LogP contribution in [0.3, 0.4) is 0 Å². The minimum atomic E-state index is -0.352. The predicted octanol–water partition coefficient (Wildman–Crippen LogP) is 3.84. The fraction of sp³-hybridized carbons (Fsp3) is 0.318. The second-order valence-electron chi connectivity index (χ2n) is 7.21. The number of hydrogen-bond donors (Lipinski definition) is 2. The summed E-state index contributed by atoms with van der Waals surface area (Å²) in [5.41, 5.74) is 1.60. The minimum absolute atomic E-state index is 0.0265. The maximum absolute atomic E-state index is 12.7. The number of hydrogen-bond acceptors (Lipinski definition) is 5. The van der Waals surface area contributed by atoms with Crippen molar-refractivity contribution in [2.75, 3.05) is 31.6 Å². The van der Waals surface area contributed by atoms with Gasteiger partial charge in [0.2, 0.25) is 0 Å². The number of anilines is 1. The Hall–Kier alpha value is -2.49. The molecule has 0 spiro atoms. The standard InChI is InChI=1S/C22H24BrN3O4S/c1-14(2)30-19-7-6-15(13-18(19)23)20(27)25-22(31)24-17-5-3-4-16(12-17)21(28)26-8-10-29-11-9-26/h3-7,12-14H,8-11H2,1-2H3,(H2,24,25,27,31). The fourth-order valence-corrected chi connectivity index (χ4v) is 3.69. The van der Waals surface area contributed by atoms with Crippen LogP contribution in [0.2, 0.25) is 0 Å². The first-order valence-electron chi connectivity index (χ1n) is 9.89. The first kappa shape index (κ1) is 23.2. The van der Waals surface area contributed by atoms with Crippen LogP contribution in [0, 0.1) is 0 Å². The summed E-state index contributed by atoms with van der Waals surface area (Å²) in [5, 5.41) is 5.75. The molecule has 1 fully saturated rings. The third kappa shape index (κ3) is 6.49. The van der Waals surface area contributed by atoms with Crippen LogP contribution in [0.1, 0.15) is 34.6 Å². The molecule has 7 nitrogen and oxygen atoms in total. The molecular weight excluding hydrogens is 482 g/mol. The van der Waals surface area contributed by atoms with Gasteiger partial charge in [0.1, 0.15) is 5.75 Å². The first-order valence-corrected chi connectivity index (χ1v) is 11.1. The Morgan fingerprint density at radius 2 is 1.87 bits per heavy atom. The van der Waals surface area contributed by atoms with Crippen molar-refractivity contribution in [2.45, 2.75) is 20.0 Å². The number of carbonyl (C=O) groups is 2. The van der Waals surface area contributed by atoms with Crippen LogP contribution < -0.4 is 15.4 Å². The van der Waals surface area contributed by atoms with Gasteiger partial charge in [-0.15, -0.1) is 0 Å². The summed E-state index contributed by atoms with van der Waals surface area (Å²) in [6.45, 7) is 6.09. The predicted molar refractivity (Wildman–Crippen MR) is 127 cm³/mol. The average Bonchev–Trinajstić information content (AvgIpc) is 2.75. The van der Waals surface area contributed by atoms with E-state index in [4.69, 9.17) is 21.7 Å². The molecule has 0 aliphatic carbocycles. The molecule has 2 N–H and O–H groups in total. The Balaban J connectivity index is 1.61. The van der Waals surface area contributed by atoms with Crippen molar-refractivity contribution in [3.63, 3.8) is 0 Å². The molecule has 0 aromatic heterocycles. The molecule has 0 radical (unpaired) electrons. The zero-order valence-corrected chi connectivity index (χ0v) is 19.7. The van der Waals surface area contributed by atoms with E-state index >= 15 is 0 Å². The van der Waals surface area contributed by atoms with Crippen LogP contribution in [-0.4, -0.2) is 54.2 Å². The molecule has 0 saturated carbocycles. The zero-order valence-electron chi connectivity index (χ0n) is 17.3. The lowest BCUT2D eigenvalue weighted by Gasteiger charge is -2.27. The van der Waals surface area contributed by atoms with Crippen molar-refractivity contribution in [3.8, 4) is 5.75 Å². The lowest BCUT2D eigenvalue weighted by molar-refractivity contribution is 0.0303. The van der Waals surface area contributed by atoms with Crippen molar-refractivity contribution >= 4 is 50.8 Å². The van der Waals surface area contributed by atoms with Gasteiger partial charge in [-0.25, -0.2) is 0 Å². The van der Waals surface area contributed by atoms with Gasteiger partial charge in [0.05, 0.1) is 23.8 Å². The van der Waals surface area contributed by atoms with Crippen molar-refractivity contribution in [1.29, 1.82) is 0 Å². The van der Waals surface area contributed by atoms with Gasteiger partial charge in [0.25, 0.3) is 11.8 Å². The van der Waals surface area contributed by atoms with Gasteiger partial charge in [-0.2, -0.15) is 0 Å². The average molecular weight is 506 g/mol. The van der Waals surface area contributed by atoms with E-state index in [1.54, 1.807) is 47.4 Å². The molecule has 2 amide bonds. The number of carbonyl (C=O) groups excluding carboxylic acids is 2. The van der Waals surface area contributed by atoms with Gasteiger partial charge in [0.15, 0.2) is 5.11 Å². The highest BCUT2D eigenvalue weighted by Gasteiger charge is 2.19. The van der Waals surface area contributed by atoms with Gasteiger partial charge in [-0.3, -0.25) is 14.9 Å². The lowest BCUT2D eigenvalue weighted by Crippen LogP contribution is -2.40. The van der Waals surface area contributed by atoms with E-state index < -0.39 is 0 Å². The summed E-state index contributed by atoms with van der Waals surface area (Å²) in [6, 6.07) is 12.1. The molecule has 1 saturated heterocycles. The number of morpholine rings is 1. The third-order valence-electron chi connectivity index (χ3n) is 4.45. The van der Waals surface area contributed by atoms with Crippen LogP contribution in [0.25, 0.3) is 0 Å². The molecule has 0 bridgehead atoms.